The number of carbonyl (C=O) groups is 2. The molecule has 32 heavy (non-hydrogen) atoms. The van der Waals surface area contributed by atoms with E-state index in [9.17, 15) is 24.2 Å². The lowest BCUT2D eigenvalue weighted by Crippen LogP contribution is -2.29. The van der Waals surface area contributed by atoms with Gasteiger partial charge in [0.25, 0.3) is 11.7 Å². The third kappa shape index (κ3) is 3.80. The molecule has 1 unspecified atom stereocenters. The Hall–Kier alpha value is -4.13. The summed E-state index contributed by atoms with van der Waals surface area (Å²) >= 11 is 0. The molecule has 162 valence electrons. The van der Waals surface area contributed by atoms with Gasteiger partial charge in [0.15, 0.2) is 11.5 Å². The third-order valence-electron chi connectivity index (χ3n) is 5.37. The molecule has 1 fully saturated rings. The first-order chi connectivity index (χ1) is 15.4. The number of Topliss-reactive ketones (excluding diaryl/α,β-unsaturated/α-hetero) is 1. The summed E-state index contributed by atoms with van der Waals surface area (Å²) in [6.07, 6.45) is 0. The SMILES string of the molecule is COc1cc(C2C(=C(O)c3ccc(F)cc3)C(=O)C(=O)N2Cc2ccccc2)ccc1O. The largest absolute Gasteiger partial charge is 0.507 e. The van der Waals surface area contributed by atoms with Gasteiger partial charge in [-0.15, -0.1) is 0 Å². The number of ether oxygens (including phenoxy) is 1. The minimum Gasteiger partial charge on any atom is -0.507 e. The number of benzene rings is 3. The maximum Gasteiger partial charge on any atom is 0.295 e. The van der Waals surface area contributed by atoms with Gasteiger partial charge in [-0.1, -0.05) is 36.4 Å². The van der Waals surface area contributed by atoms with Crippen molar-refractivity contribution in [1.29, 1.82) is 0 Å². The van der Waals surface area contributed by atoms with Gasteiger partial charge >= 0.3 is 0 Å². The Bertz CT molecular complexity index is 1200. The van der Waals surface area contributed by atoms with Gasteiger partial charge in [0.05, 0.1) is 18.7 Å². The van der Waals surface area contributed by atoms with E-state index in [1.165, 1.54) is 36.3 Å². The lowest BCUT2D eigenvalue weighted by Gasteiger charge is -2.26. The number of phenolic OH excluding ortho intramolecular Hbond substituents is 1. The topological polar surface area (TPSA) is 87.1 Å². The van der Waals surface area contributed by atoms with Gasteiger partial charge in [0, 0.05) is 12.1 Å². The highest BCUT2D eigenvalue weighted by Gasteiger charge is 2.46. The van der Waals surface area contributed by atoms with E-state index in [4.69, 9.17) is 4.74 Å². The number of phenols is 1. The van der Waals surface area contributed by atoms with Gasteiger partial charge in [-0.25, -0.2) is 4.39 Å². The summed E-state index contributed by atoms with van der Waals surface area (Å²) in [5.41, 5.74) is 1.36. The molecular formula is C25H20FNO5. The van der Waals surface area contributed by atoms with E-state index < -0.39 is 29.3 Å². The number of ketones is 1. The van der Waals surface area contributed by atoms with Crippen LogP contribution in [-0.4, -0.2) is 33.9 Å². The van der Waals surface area contributed by atoms with Gasteiger partial charge in [-0.2, -0.15) is 0 Å². The maximum atomic E-state index is 13.4. The van der Waals surface area contributed by atoms with Crippen LogP contribution in [0, 0.1) is 5.82 Å². The highest BCUT2D eigenvalue weighted by molar-refractivity contribution is 6.46. The van der Waals surface area contributed by atoms with Crippen LogP contribution in [0.2, 0.25) is 0 Å². The molecule has 2 N–H and O–H groups in total. The zero-order valence-corrected chi connectivity index (χ0v) is 17.2. The molecule has 6 nitrogen and oxygen atoms in total. The minimum absolute atomic E-state index is 0.102. The smallest absolute Gasteiger partial charge is 0.295 e. The summed E-state index contributed by atoms with van der Waals surface area (Å²) in [5, 5.41) is 21.0. The molecule has 1 atom stereocenters. The maximum absolute atomic E-state index is 13.4. The van der Waals surface area contributed by atoms with Crippen molar-refractivity contribution in [3.05, 3.63) is 101 Å². The molecule has 3 aromatic rings. The van der Waals surface area contributed by atoms with Crippen LogP contribution < -0.4 is 4.74 Å². The minimum atomic E-state index is -0.935. The van der Waals surface area contributed by atoms with Crippen LogP contribution in [0.3, 0.4) is 0 Å². The van der Waals surface area contributed by atoms with Gasteiger partial charge in [-0.3, -0.25) is 9.59 Å². The van der Waals surface area contributed by atoms with E-state index >= 15 is 0 Å². The molecule has 1 aliphatic rings. The average molecular weight is 433 g/mol. The van der Waals surface area contributed by atoms with Gasteiger partial charge in [0.2, 0.25) is 0 Å². The summed E-state index contributed by atoms with van der Waals surface area (Å²) in [7, 11) is 1.39. The number of hydrogen-bond acceptors (Lipinski definition) is 5. The van der Waals surface area contributed by atoms with Crippen LogP contribution in [0.5, 0.6) is 11.5 Å². The number of rotatable bonds is 5. The number of hydrogen-bond donors (Lipinski definition) is 2. The molecule has 4 rings (SSSR count). The number of likely N-dealkylation sites (tertiary alicyclic amines) is 1. The monoisotopic (exact) mass is 433 g/mol. The Morgan fingerprint density at radius 1 is 1.03 bits per heavy atom. The number of methoxy groups -OCH3 is 1. The average Bonchev–Trinajstić information content (AvgIpc) is 3.05. The first kappa shape index (κ1) is 21.1. The summed E-state index contributed by atoms with van der Waals surface area (Å²) in [4.78, 5) is 27.4. The van der Waals surface area contributed by atoms with Crippen molar-refractivity contribution in [3.8, 4) is 11.5 Å². The van der Waals surface area contributed by atoms with Crippen molar-refractivity contribution >= 4 is 17.4 Å². The molecule has 1 saturated heterocycles. The first-order valence-electron chi connectivity index (χ1n) is 9.86. The van der Waals surface area contributed by atoms with Crippen LogP contribution >= 0.6 is 0 Å². The fraction of sp³-hybridized carbons (Fsp3) is 0.120. The van der Waals surface area contributed by atoms with Crippen LogP contribution in [0.1, 0.15) is 22.7 Å². The number of nitrogens with zero attached hydrogens (tertiary/aromatic N) is 1. The lowest BCUT2D eigenvalue weighted by atomic mass is 9.95. The molecular weight excluding hydrogens is 413 g/mol. The summed E-state index contributed by atoms with van der Waals surface area (Å²) in [5.74, 6) is -2.46. The van der Waals surface area contributed by atoms with Crippen molar-refractivity contribution in [2.24, 2.45) is 0 Å². The van der Waals surface area contributed by atoms with E-state index in [0.717, 1.165) is 17.7 Å². The first-order valence-corrected chi connectivity index (χ1v) is 9.86. The fourth-order valence-corrected chi connectivity index (χ4v) is 3.80. The second-order valence-electron chi connectivity index (χ2n) is 7.35. The molecule has 1 amide bonds. The highest BCUT2D eigenvalue weighted by Crippen LogP contribution is 2.42. The van der Waals surface area contributed by atoms with Crippen LogP contribution in [0.4, 0.5) is 4.39 Å². The van der Waals surface area contributed by atoms with Crippen LogP contribution in [0.25, 0.3) is 5.76 Å². The van der Waals surface area contributed by atoms with Crippen molar-refractivity contribution < 1.29 is 28.9 Å². The second kappa shape index (κ2) is 8.55. The molecule has 0 radical (unpaired) electrons. The summed E-state index contributed by atoms with van der Waals surface area (Å²) in [6.45, 7) is 0.124. The van der Waals surface area contributed by atoms with E-state index in [1.54, 1.807) is 6.07 Å². The Labute approximate surface area is 183 Å². The number of carbonyl (C=O) groups excluding carboxylic acids is 2. The number of aliphatic hydroxyl groups excluding tert-OH is 1. The standard InChI is InChI=1S/C25H20FNO5/c1-32-20-13-17(9-12-19(20)28)22-21(23(29)16-7-10-18(26)11-8-16)24(30)25(31)27(22)14-15-5-3-2-4-6-15/h2-13,22,28-29H,14H2,1H3. The molecule has 0 spiro atoms. The molecule has 7 heteroatoms. The lowest BCUT2D eigenvalue weighted by molar-refractivity contribution is -0.140. The predicted octanol–water partition coefficient (Wildman–Crippen LogP) is 4.16. The van der Waals surface area contributed by atoms with Crippen molar-refractivity contribution in [2.75, 3.05) is 7.11 Å². The zero-order chi connectivity index (χ0) is 22.8. The number of halogens is 1. The number of aliphatic hydroxyl groups is 1. The number of amides is 1. The molecule has 1 heterocycles. The highest BCUT2D eigenvalue weighted by atomic mass is 19.1. The van der Waals surface area contributed by atoms with E-state index in [-0.39, 0.29) is 29.2 Å². The zero-order valence-electron chi connectivity index (χ0n) is 17.2. The summed E-state index contributed by atoms with van der Waals surface area (Å²) in [6, 6.07) is 17.7. The van der Waals surface area contributed by atoms with Crippen LogP contribution in [0.15, 0.2) is 78.4 Å². The van der Waals surface area contributed by atoms with Crippen LogP contribution in [-0.2, 0) is 16.1 Å². The molecule has 1 aliphatic heterocycles. The Morgan fingerprint density at radius 3 is 2.38 bits per heavy atom. The van der Waals surface area contributed by atoms with Gasteiger partial charge in [-0.05, 0) is 47.5 Å². The quantitative estimate of drug-likeness (QED) is 0.358. The molecule has 3 aromatic carbocycles. The third-order valence-corrected chi connectivity index (χ3v) is 5.37. The van der Waals surface area contributed by atoms with Gasteiger partial charge < -0.3 is 19.8 Å². The summed E-state index contributed by atoms with van der Waals surface area (Å²) < 4.78 is 18.6. The fourth-order valence-electron chi connectivity index (χ4n) is 3.80. The second-order valence-corrected chi connectivity index (χ2v) is 7.35. The molecule has 0 saturated carbocycles. The Kier molecular flexibility index (Phi) is 5.64. The van der Waals surface area contributed by atoms with Gasteiger partial charge in [0.1, 0.15) is 11.6 Å². The van der Waals surface area contributed by atoms with Crippen molar-refractivity contribution in [3.63, 3.8) is 0 Å². The van der Waals surface area contributed by atoms with E-state index in [0.29, 0.717) is 5.56 Å². The molecule has 0 bridgehead atoms. The normalized spacial score (nSPS) is 17.6. The molecule has 0 aromatic heterocycles. The predicted molar refractivity (Wildman–Crippen MR) is 115 cm³/mol. The van der Waals surface area contributed by atoms with Crippen molar-refractivity contribution in [1.82, 2.24) is 4.90 Å². The van der Waals surface area contributed by atoms with E-state index in [1.807, 2.05) is 30.3 Å². The molecule has 0 aliphatic carbocycles. The van der Waals surface area contributed by atoms with Crippen molar-refractivity contribution in [2.45, 2.75) is 12.6 Å². The Morgan fingerprint density at radius 2 is 1.72 bits per heavy atom. The Balaban J connectivity index is 1.89. The van der Waals surface area contributed by atoms with E-state index in [2.05, 4.69) is 0 Å². The number of aromatic hydroxyl groups is 1.